The summed E-state index contributed by atoms with van der Waals surface area (Å²) in [6.07, 6.45) is 9.06. The van der Waals surface area contributed by atoms with E-state index < -0.39 is 0 Å². The van der Waals surface area contributed by atoms with Crippen molar-refractivity contribution in [3.63, 3.8) is 0 Å². The first-order chi connectivity index (χ1) is 8.84. The molecule has 0 fully saturated rings. The van der Waals surface area contributed by atoms with Gasteiger partial charge in [0.25, 0.3) is 0 Å². The van der Waals surface area contributed by atoms with Gasteiger partial charge in [0, 0.05) is 36.2 Å². The maximum absolute atomic E-state index is 3.36. The molecule has 1 aliphatic heterocycles. The second-order valence-electron chi connectivity index (χ2n) is 5.17. The Hall–Kier alpha value is -1.54. The van der Waals surface area contributed by atoms with E-state index in [1.165, 1.54) is 29.4 Å². The van der Waals surface area contributed by atoms with Crippen LogP contribution in [0.4, 0.5) is 0 Å². The van der Waals surface area contributed by atoms with E-state index in [0.717, 1.165) is 13.0 Å². The Morgan fingerprint density at radius 1 is 1.28 bits per heavy atom. The molecule has 2 nitrogen and oxygen atoms in total. The van der Waals surface area contributed by atoms with Gasteiger partial charge in [-0.1, -0.05) is 30.4 Å². The van der Waals surface area contributed by atoms with Gasteiger partial charge in [0.1, 0.15) is 0 Å². The molecule has 2 heteroatoms. The number of nitrogens with zero attached hydrogens (tertiary/aromatic N) is 1. The minimum absolute atomic E-state index is 0.606. The Bertz CT molecular complexity index is 553. The molecule has 2 aromatic rings. The highest BCUT2D eigenvalue weighted by Gasteiger charge is 2.15. The highest BCUT2D eigenvalue weighted by Crippen LogP contribution is 2.21. The van der Waals surface area contributed by atoms with Crippen LogP contribution in [0, 0.1) is 0 Å². The number of H-pyrrole nitrogens is 1. The zero-order valence-corrected chi connectivity index (χ0v) is 10.9. The van der Waals surface area contributed by atoms with Crippen molar-refractivity contribution in [2.75, 3.05) is 13.1 Å². The molecule has 0 bridgehead atoms. The molecule has 18 heavy (non-hydrogen) atoms. The normalized spacial score (nSPS) is 18.3. The minimum Gasteiger partial charge on any atom is -0.361 e. The standard InChI is InChI=1S/C16H20N2/c1-13(18-9-5-2-6-10-18)11-14-12-17-16-8-4-3-7-15(14)16/h2-5,7-8,12-13,17H,6,9-11H2,1H3. The van der Waals surface area contributed by atoms with Gasteiger partial charge in [-0.3, -0.25) is 4.90 Å². The van der Waals surface area contributed by atoms with Gasteiger partial charge in [0.05, 0.1) is 0 Å². The van der Waals surface area contributed by atoms with E-state index in [0.29, 0.717) is 6.04 Å². The summed E-state index contributed by atoms with van der Waals surface area (Å²) < 4.78 is 0. The smallest absolute Gasteiger partial charge is 0.0456 e. The van der Waals surface area contributed by atoms with Gasteiger partial charge in [0.2, 0.25) is 0 Å². The van der Waals surface area contributed by atoms with Crippen molar-refractivity contribution in [2.24, 2.45) is 0 Å². The molecule has 1 unspecified atom stereocenters. The first kappa shape index (κ1) is 11.5. The molecule has 3 rings (SSSR count). The fraction of sp³-hybridized carbons (Fsp3) is 0.375. The fourth-order valence-electron chi connectivity index (χ4n) is 2.81. The van der Waals surface area contributed by atoms with Crippen LogP contribution in [0.25, 0.3) is 10.9 Å². The SMILES string of the molecule is CC(Cc1c[nH]c2ccccc12)N1CC=CCC1. The molecule has 1 atom stereocenters. The topological polar surface area (TPSA) is 19.0 Å². The van der Waals surface area contributed by atoms with Crippen molar-refractivity contribution < 1.29 is 0 Å². The van der Waals surface area contributed by atoms with Crippen LogP contribution in [-0.4, -0.2) is 29.0 Å². The molecule has 0 radical (unpaired) electrons. The molecule has 0 aliphatic carbocycles. The van der Waals surface area contributed by atoms with Crippen LogP contribution in [0.15, 0.2) is 42.6 Å². The predicted molar refractivity (Wildman–Crippen MR) is 76.8 cm³/mol. The van der Waals surface area contributed by atoms with Crippen LogP contribution in [0.5, 0.6) is 0 Å². The van der Waals surface area contributed by atoms with Crippen LogP contribution < -0.4 is 0 Å². The molecule has 2 heterocycles. The number of aromatic amines is 1. The highest BCUT2D eigenvalue weighted by molar-refractivity contribution is 5.83. The van der Waals surface area contributed by atoms with Crippen LogP contribution >= 0.6 is 0 Å². The number of hydrogen-bond donors (Lipinski definition) is 1. The van der Waals surface area contributed by atoms with E-state index in [9.17, 15) is 0 Å². The zero-order valence-electron chi connectivity index (χ0n) is 10.9. The molecular weight excluding hydrogens is 220 g/mol. The van der Waals surface area contributed by atoms with Crippen molar-refractivity contribution >= 4 is 10.9 Å². The van der Waals surface area contributed by atoms with E-state index >= 15 is 0 Å². The zero-order chi connectivity index (χ0) is 12.4. The summed E-state index contributed by atoms with van der Waals surface area (Å²) in [5.41, 5.74) is 2.69. The Kier molecular flexibility index (Phi) is 3.20. The number of fused-ring (bicyclic) bond motifs is 1. The summed E-state index contributed by atoms with van der Waals surface area (Å²) in [5.74, 6) is 0. The molecule has 1 aromatic carbocycles. The average molecular weight is 240 g/mol. The third-order valence-corrected chi connectivity index (χ3v) is 3.90. The van der Waals surface area contributed by atoms with Gasteiger partial charge >= 0.3 is 0 Å². The number of nitrogens with one attached hydrogen (secondary N) is 1. The Morgan fingerprint density at radius 2 is 2.17 bits per heavy atom. The fourth-order valence-corrected chi connectivity index (χ4v) is 2.81. The van der Waals surface area contributed by atoms with Crippen LogP contribution in [0.2, 0.25) is 0 Å². The average Bonchev–Trinajstić information content (AvgIpc) is 2.83. The number of rotatable bonds is 3. The van der Waals surface area contributed by atoms with Gasteiger partial charge in [-0.05, 0) is 31.4 Å². The Morgan fingerprint density at radius 3 is 3.00 bits per heavy atom. The van der Waals surface area contributed by atoms with Gasteiger partial charge in [-0.25, -0.2) is 0 Å². The molecule has 0 saturated heterocycles. The summed E-state index contributed by atoms with van der Waals surface area (Å²) in [6, 6.07) is 9.17. The third-order valence-electron chi connectivity index (χ3n) is 3.90. The number of aromatic nitrogens is 1. The lowest BCUT2D eigenvalue weighted by atomic mass is 10.0. The van der Waals surface area contributed by atoms with Crippen molar-refractivity contribution in [3.8, 4) is 0 Å². The van der Waals surface area contributed by atoms with Crippen molar-refractivity contribution in [3.05, 3.63) is 48.2 Å². The predicted octanol–water partition coefficient (Wildman–Crippen LogP) is 3.36. The van der Waals surface area contributed by atoms with Gasteiger partial charge in [-0.15, -0.1) is 0 Å². The molecule has 0 spiro atoms. The molecule has 94 valence electrons. The molecule has 0 saturated carbocycles. The van der Waals surface area contributed by atoms with Gasteiger partial charge < -0.3 is 4.98 Å². The second kappa shape index (κ2) is 4.99. The van der Waals surface area contributed by atoms with Crippen LogP contribution in [0.3, 0.4) is 0 Å². The first-order valence-corrected chi connectivity index (χ1v) is 6.78. The van der Waals surface area contributed by atoms with Gasteiger partial charge in [-0.2, -0.15) is 0 Å². The Balaban J connectivity index is 1.77. The summed E-state index contributed by atoms with van der Waals surface area (Å²) >= 11 is 0. The summed E-state index contributed by atoms with van der Waals surface area (Å²) in [5, 5.41) is 1.37. The summed E-state index contributed by atoms with van der Waals surface area (Å²) in [7, 11) is 0. The first-order valence-electron chi connectivity index (χ1n) is 6.78. The number of hydrogen-bond acceptors (Lipinski definition) is 1. The van der Waals surface area contributed by atoms with Crippen molar-refractivity contribution in [2.45, 2.75) is 25.8 Å². The largest absolute Gasteiger partial charge is 0.361 e. The third kappa shape index (κ3) is 2.21. The maximum atomic E-state index is 3.36. The van der Waals surface area contributed by atoms with Crippen LogP contribution in [-0.2, 0) is 6.42 Å². The minimum atomic E-state index is 0.606. The van der Waals surface area contributed by atoms with Crippen LogP contribution in [0.1, 0.15) is 18.9 Å². The summed E-state index contributed by atoms with van der Waals surface area (Å²) in [6.45, 7) is 4.63. The maximum Gasteiger partial charge on any atom is 0.0456 e. The van der Waals surface area contributed by atoms with E-state index in [1.807, 2.05) is 0 Å². The highest BCUT2D eigenvalue weighted by atomic mass is 15.1. The van der Waals surface area contributed by atoms with E-state index in [2.05, 4.69) is 59.4 Å². The van der Waals surface area contributed by atoms with E-state index in [-0.39, 0.29) is 0 Å². The quantitative estimate of drug-likeness (QED) is 0.815. The van der Waals surface area contributed by atoms with Crippen molar-refractivity contribution in [1.82, 2.24) is 9.88 Å². The monoisotopic (exact) mass is 240 g/mol. The number of para-hydroxylation sites is 1. The lowest BCUT2D eigenvalue weighted by Crippen LogP contribution is -2.36. The lowest BCUT2D eigenvalue weighted by Gasteiger charge is -2.29. The number of benzene rings is 1. The second-order valence-corrected chi connectivity index (χ2v) is 5.17. The summed E-state index contributed by atoms with van der Waals surface area (Å²) in [4.78, 5) is 5.92. The molecule has 1 aliphatic rings. The molecular formula is C16H20N2. The Labute approximate surface area is 108 Å². The molecule has 1 N–H and O–H groups in total. The lowest BCUT2D eigenvalue weighted by molar-refractivity contribution is 0.227. The van der Waals surface area contributed by atoms with Crippen molar-refractivity contribution in [1.29, 1.82) is 0 Å². The van der Waals surface area contributed by atoms with E-state index in [1.54, 1.807) is 0 Å². The molecule has 0 amide bonds. The van der Waals surface area contributed by atoms with E-state index in [4.69, 9.17) is 0 Å². The molecule has 1 aromatic heterocycles. The van der Waals surface area contributed by atoms with Gasteiger partial charge in [0.15, 0.2) is 0 Å².